The molecule has 1 amide bonds. The van der Waals surface area contributed by atoms with Gasteiger partial charge in [0.1, 0.15) is 0 Å². The molecule has 0 spiro atoms. The first-order valence-corrected chi connectivity index (χ1v) is 9.33. The van der Waals surface area contributed by atoms with Crippen LogP contribution in [0.25, 0.3) is 0 Å². The number of nitro groups is 2. The first-order valence-electron chi connectivity index (χ1n) is 9.33. The molecule has 12 nitrogen and oxygen atoms in total. The summed E-state index contributed by atoms with van der Waals surface area (Å²) in [6.45, 7) is 1.81. The molecular weight excluding hydrogens is 434 g/mol. The highest BCUT2D eigenvalue weighted by atomic mass is 16.6. The Morgan fingerprint density at radius 3 is 2.42 bits per heavy atom. The van der Waals surface area contributed by atoms with Crippen LogP contribution in [-0.2, 0) is 0 Å². The van der Waals surface area contributed by atoms with E-state index >= 15 is 0 Å². The van der Waals surface area contributed by atoms with E-state index < -0.39 is 27.1 Å². The molecule has 0 radical (unpaired) electrons. The summed E-state index contributed by atoms with van der Waals surface area (Å²) in [5, 5.41) is 26.1. The summed E-state index contributed by atoms with van der Waals surface area (Å²) in [5.41, 5.74) is 3.06. The van der Waals surface area contributed by atoms with E-state index in [4.69, 9.17) is 9.47 Å². The van der Waals surface area contributed by atoms with E-state index in [-0.39, 0.29) is 17.2 Å². The number of nitrogens with zero attached hydrogens (tertiary/aromatic N) is 4. The van der Waals surface area contributed by atoms with Crippen LogP contribution >= 0.6 is 0 Å². The van der Waals surface area contributed by atoms with Crippen LogP contribution in [0.5, 0.6) is 17.2 Å². The van der Waals surface area contributed by atoms with E-state index in [9.17, 15) is 25.0 Å². The fourth-order valence-electron chi connectivity index (χ4n) is 2.65. The highest BCUT2D eigenvalue weighted by Crippen LogP contribution is 2.38. The van der Waals surface area contributed by atoms with Crippen molar-refractivity contribution in [1.29, 1.82) is 0 Å². The lowest BCUT2D eigenvalue weighted by Crippen LogP contribution is -2.17. The van der Waals surface area contributed by atoms with E-state index in [1.807, 2.05) is 0 Å². The van der Waals surface area contributed by atoms with E-state index in [0.29, 0.717) is 11.1 Å². The molecule has 0 saturated carbocycles. The maximum atomic E-state index is 12.1. The van der Waals surface area contributed by atoms with Crippen molar-refractivity contribution in [3.8, 4) is 17.2 Å². The number of hydrogen-bond donors (Lipinski definition) is 1. The van der Waals surface area contributed by atoms with E-state index in [1.165, 1.54) is 31.7 Å². The van der Waals surface area contributed by atoms with Crippen molar-refractivity contribution in [3.05, 3.63) is 91.8 Å². The number of nitro benzene ring substituents is 2. The van der Waals surface area contributed by atoms with Gasteiger partial charge in [-0.2, -0.15) is 5.10 Å². The number of benzene rings is 2. The lowest BCUT2D eigenvalue weighted by Gasteiger charge is -2.11. The molecule has 0 saturated heterocycles. The number of methoxy groups -OCH3 is 1. The second kappa shape index (κ2) is 9.96. The Hall–Kier alpha value is -4.87. The molecule has 3 aromatic rings. The molecule has 0 aliphatic heterocycles. The Balaban J connectivity index is 1.77. The van der Waals surface area contributed by atoms with Gasteiger partial charge in [-0.15, -0.1) is 0 Å². The minimum Gasteiger partial charge on any atom is -0.493 e. The SMILES string of the molecule is COc1cc(/C=N\NC(=O)c2ccc(C)nc2)ccc1Oc1ccc([N+](=O)[O-])cc1[N+](=O)[O-]. The largest absolute Gasteiger partial charge is 0.493 e. The number of aryl methyl sites for hydroxylation is 1. The Labute approximate surface area is 186 Å². The predicted octanol–water partition coefficient (Wildman–Crippen LogP) is 3.77. The third-order valence-corrected chi connectivity index (χ3v) is 4.31. The van der Waals surface area contributed by atoms with Crippen LogP contribution in [0.1, 0.15) is 21.6 Å². The Kier molecular flexibility index (Phi) is 6.88. The third-order valence-electron chi connectivity index (χ3n) is 4.31. The highest BCUT2D eigenvalue weighted by Gasteiger charge is 2.22. The zero-order valence-corrected chi connectivity index (χ0v) is 17.4. The molecular formula is C21H17N5O7. The molecule has 1 heterocycles. The summed E-state index contributed by atoms with van der Waals surface area (Å²) in [4.78, 5) is 36.8. The van der Waals surface area contributed by atoms with Crippen LogP contribution in [0, 0.1) is 27.2 Å². The van der Waals surface area contributed by atoms with Crippen molar-refractivity contribution in [2.75, 3.05) is 7.11 Å². The monoisotopic (exact) mass is 451 g/mol. The first-order chi connectivity index (χ1) is 15.8. The quantitative estimate of drug-likeness (QED) is 0.308. The number of ether oxygens (including phenoxy) is 2. The molecule has 0 unspecified atom stereocenters. The van der Waals surface area contributed by atoms with Gasteiger partial charge in [-0.05, 0) is 48.9 Å². The molecule has 1 N–H and O–H groups in total. The summed E-state index contributed by atoms with van der Waals surface area (Å²) in [7, 11) is 1.37. The van der Waals surface area contributed by atoms with Crippen molar-refractivity contribution in [3.63, 3.8) is 0 Å². The van der Waals surface area contributed by atoms with Crippen molar-refractivity contribution in [2.45, 2.75) is 6.92 Å². The number of rotatable bonds is 8. The molecule has 0 aliphatic rings. The van der Waals surface area contributed by atoms with E-state index in [0.717, 1.165) is 23.9 Å². The Morgan fingerprint density at radius 2 is 1.79 bits per heavy atom. The van der Waals surface area contributed by atoms with Gasteiger partial charge in [0.2, 0.25) is 5.75 Å². The number of nitrogens with one attached hydrogen (secondary N) is 1. The van der Waals surface area contributed by atoms with Gasteiger partial charge in [0.05, 0.1) is 34.8 Å². The maximum Gasteiger partial charge on any atom is 0.318 e. The molecule has 12 heteroatoms. The van der Waals surface area contributed by atoms with Gasteiger partial charge in [0.15, 0.2) is 11.5 Å². The molecule has 1 aromatic heterocycles. The third kappa shape index (κ3) is 5.64. The minimum atomic E-state index is -0.776. The topological polar surface area (TPSA) is 159 Å². The second-order valence-electron chi connectivity index (χ2n) is 6.57. The van der Waals surface area contributed by atoms with Gasteiger partial charge in [0.25, 0.3) is 11.6 Å². The summed E-state index contributed by atoms with van der Waals surface area (Å²) < 4.78 is 10.9. The minimum absolute atomic E-state index is 0.140. The molecule has 0 aliphatic carbocycles. The highest BCUT2D eigenvalue weighted by molar-refractivity contribution is 5.94. The lowest BCUT2D eigenvalue weighted by molar-refractivity contribution is -0.394. The molecule has 33 heavy (non-hydrogen) atoms. The lowest BCUT2D eigenvalue weighted by atomic mass is 10.2. The Morgan fingerprint density at radius 1 is 1.03 bits per heavy atom. The predicted molar refractivity (Wildman–Crippen MR) is 117 cm³/mol. The standard InChI is InChI=1S/C21H17N5O7/c1-13-3-5-15(12-22-13)21(27)24-23-11-14-4-7-19(20(9-14)32-2)33-18-8-6-16(25(28)29)10-17(18)26(30)31/h3-12H,1-2H3,(H,24,27)/b23-11-. The number of non-ortho nitro benzene ring substituents is 1. The van der Waals surface area contributed by atoms with Gasteiger partial charge in [-0.25, -0.2) is 5.43 Å². The average molecular weight is 451 g/mol. The molecule has 0 atom stereocenters. The zero-order valence-electron chi connectivity index (χ0n) is 17.4. The molecule has 3 rings (SSSR count). The zero-order chi connectivity index (χ0) is 24.0. The van der Waals surface area contributed by atoms with Crippen LogP contribution in [-0.4, -0.2) is 34.1 Å². The normalized spacial score (nSPS) is 10.6. The van der Waals surface area contributed by atoms with Crippen LogP contribution in [0.4, 0.5) is 11.4 Å². The van der Waals surface area contributed by atoms with Crippen LogP contribution in [0.3, 0.4) is 0 Å². The van der Waals surface area contributed by atoms with E-state index in [1.54, 1.807) is 25.1 Å². The molecule has 2 aromatic carbocycles. The summed E-state index contributed by atoms with van der Waals surface area (Å²) in [5.74, 6) is -0.262. The number of carbonyl (C=O) groups is 1. The fourth-order valence-corrected chi connectivity index (χ4v) is 2.65. The fraction of sp³-hybridized carbons (Fsp3) is 0.0952. The van der Waals surface area contributed by atoms with Gasteiger partial charge >= 0.3 is 5.69 Å². The second-order valence-corrected chi connectivity index (χ2v) is 6.57. The Bertz CT molecular complexity index is 1240. The van der Waals surface area contributed by atoms with Crippen molar-refractivity contribution in [2.24, 2.45) is 5.10 Å². The van der Waals surface area contributed by atoms with Crippen LogP contribution < -0.4 is 14.9 Å². The molecule has 0 fully saturated rings. The smallest absolute Gasteiger partial charge is 0.318 e. The average Bonchev–Trinajstić information content (AvgIpc) is 2.80. The van der Waals surface area contributed by atoms with Crippen molar-refractivity contribution in [1.82, 2.24) is 10.4 Å². The number of amides is 1. The number of carbonyl (C=O) groups excluding carboxylic acids is 1. The van der Waals surface area contributed by atoms with Gasteiger partial charge in [-0.1, -0.05) is 0 Å². The number of hydrazone groups is 1. The summed E-state index contributed by atoms with van der Waals surface area (Å²) in [6.07, 6.45) is 2.81. The summed E-state index contributed by atoms with van der Waals surface area (Å²) >= 11 is 0. The number of aromatic nitrogens is 1. The van der Waals surface area contributed by atoms with Gasteiger partial charge < -0.3 is 9.47 Å². The number of hydrogen-bond acceptors (Lipinski definition) is 9. The van der Waals surface area contributed by atoms with Gasteiger partial charge in [-0.3, -0.25) is 30.0 Å². The maximum absolute atomic E-state index is 12.1. The van der Waals surface area contributed by atoms with Crippen molar-refractivity contribution >= 4 is 23.5 Å². The van der Waals surface area contributed by atoms with Crippen LogP contribution in [0.15, 0.2) is 59.8 Å². The summed E-state index contributed by atoms with van der Waals surface area (Å²) in [6, 6.07) is 11.0. The van der Waals surface area contributed by atoms with Crippen LogP contribution in [0.2, 0.25) is 0 Å². The molecule has 168 valence electrons. The molecule has 0 bridgehead atoms. The van der Waals surface area contributed by atoms with Gasteiger partial charge in [0, 0.05) is 18.0 Å². The van der Waals surface area contributed by atoms with Crippen molar-refractivity contribution < 1.29 is 24.1 Å². The van der Waals surface area contributed by atoms with E-state index in [2.05, 4.69) is 15.5 Å². The first kappa shape index (κ1) is 22.8. The number of pyridine rings is 1.